The van der Waals surface area contributed by atoms with E-state index in [1.165, 1.54) is 5.57 Å². The smallest absolute Gasteiger partial charge is 0.160 e. The number of allylic oxidation sites excluding steroid dienone is 2. The van der Waals surface area contributed by atoms with Gasteiger partial charge in [-0.1, -0.05) is 26.3 Å². The first-order valence-electron chi connectivity index (χ1n) is 7.40. The molecule has 2 aliphatic carbocycles. The van der Waals surface area contributed by atoms with Crippen molar-refractivity contribution in [3.05, 3.63) is 11.6 Å². The van der Waals surface area contributed by atoms with Gasteiger partial charge >= 0.3 is 0 Å². The van der Waals surface area contributed by atoms with E-state index in [9.17, 15) is 4.79 Å². The lowest BCUT2D eigenvalue weighted by molar-refractivity contribution is -0.132. The highest BCUT2D eigenvalue weighted by Crippen LogP contribution is 2.59. The molecule has 0 aromatic carbocycles. The SMILES string of the molecule is CO[C@@H]1O[C@H]2CCC3=CC(=O)C[C@H](C)[C@@]3(C)[C@H]2[C@@H]1C. The summed E-state index contributed by atoms with van der Waals surface area (Å²) in [6, 6.07) is 0. The highest BCUT2D eigenvalue weighted by atomic mass is 16.7. The Morgan fingerprint density at radius 1 is 1.42 bits per heavy atom. The summed E-state index contributed by atoms with van der Waals surface area (Å²) in [5.74, 6) is 1.56. The van der Waals surface area contributed by atoms with Gasteiger partial charge in [-0.2, -0.15) is 0 Å². The third kappa shape index (κ3) is 1.74. The van der Waals surface area contributed by atoms with E-state index < -0.39 is 0 Å². The van der Waals surface area contributed by atoms with E-state index in [1.54, 1.807) is 7.11 Å². The van der Waals surface area contributed by atoms with Crippen LogP contribution in [0.3, 0.4) is 0 Å². The zero-order valence-corrected chi connectivity index (χ0v) is 12.3. The van der Waals surface area contributed by atoms with Crippen LogP contribution in [0.25, 0.3) is 0 Å². The van der Waals surface area contributed by atoms with E-state index in [2.05, 4.69) is 20.8 Å². The molecule has 0 aromatic rings. The van der Waals surface area contributed by atoms with Gasteiger partial charge in [-0.05, 0) is 30.3 Å². The Morgan fingerprint density at radius 3 is 2.84 bits per heavy atom. The molecule has 3 rings (SSSR count). The van der Waals surface area contributed by atoms with Crippen LogP contribution in [0.2, 0.25) is 0 Å². The quantitative estimate of drug-likeness (QED) is 0.730. The van der Waals surface area contributed by atoms with E-state index in [-0.39, 0.29) is 17.8 Å². The molecule has 1 saturated heterocycles. The van der Waals surface area contributed by atoms with Gasteiger partial charge in [0.2, 0.25) is 0 Å². The minimum Gasteiger partial charge on any atom is -0.356 e. The average Bonchev–Trinajstić information content (AvgIpc) is 2.69. The molecular formula is C16H24O3. The van der Waals surface area contributed by atoms with Crippen molar-refractivity contribution in [2.24, 2.45) is 23.2 Å². The molecule has 3 heteroatoms. The summed E-state index contributed by atoms with van der Waals surface area (Å²) in [7, 11) is 1.73. The molecule has 1 saturated carbocycles. The number of hydrogen-bond donors (Lipinski definition) is 0. The normalized spacial score (nSPS) is 49.6. The first kappa shape index (κ1) is 13.3. The fraction of sp³-hybridized carbons (Fsp3) is 0.812. The van der Waals surface area contributed by atoms with Crippen LogP contribution >= 0.6 is 0 Å². The molecule has 6 atom stereocenters. The first-order valence-corrected chi connectivity index (χ1v) is 7.40. The second-order valence-electron chi connectivity index (χ2n) is 6.73. The van der Waals surface area contributed by atoms with Gasteiger partial charge in [0.1, 0.15) is 0 Å². The fourth-order valence-electron chi connectivity index (χ4n) is 4.76. The van der Waals surface area contributed by atoms with Crippen molar-refractivity contribution in [3.8, 4) is 0 Å². The maximum absolute atomic E-state index is 11.8. The lowest BCUT2D eigenvalue weighted by Crippen LogP contribution is -2.48. The minimum absolute atomic E-state index is 0.0870. The zero-order chi connectivity index (χ0) is 13.8. The van der Waals surface area contributed by atoms with Crippen molar-refractivity contribution in [2.45, 2.75) is 52.4 Å². The first-order chi connectivity index (χ1) is 8.98. The van der Waals surface area contributed by atoms with Crippen LogP contribution in [-0.4, -0.2) is 25.3 Å². The fourth-order valence-corrected chi connectivity index (χ4v) is 4.76. The van der Waals surface area contributed by atoms with Gasteiger partial charge in [0.25, 0.3) is 0 Å². The third-order valence-electron chi connectivity index (χ3n) is 5.89. The Kier molecular flexibility index (Phi) is 3.10. The molecule has 0 N–H and O–H groups in total. The highest BCUT2D eigenvalue weighted by Gasteiger charge is 2.57. The van der Waals surface area contributed by atoms with Gasteiger partial charge in [0, 0.05) is 25.4 Å². The van der Waals surface area contributed by atoms with Gasteiger partial charge in [-0.25, -0.2) is 0 Å². The van der Waals surface area contributed by atoms with E-state index in [0.717, 1.165) is 12.8 Å². The van der Waals surface area contributed by atoms with Crippen molar-refractivity contribution < 1.29 is 14.3 Å². The largest absolute Gasteiger partial charge is 0.356 e. The Bertz CT molecular complexity index is 426. The van der Waals surface area contributed by atoms with Crippen molar-refractivity contribution >= 4 is 5.78 Å². The van der Waals surface area contributed by atoms with Crippen LogP contribution in [0.15, 0.2) is 11.6 Å². The predicted molar refractivity (Wildman–Crippen MR) is 72.5 cm³/mol. The van der Waals surface area contributed by atoms with Gasteiger partial charge in [-0.3, -0.25) is 4.79 Å². The third-order valence-corrected chi connectivity index (χ3v) is 5.89. The van der Waals surface area contributed by atoms with Crippen LogP contribution < -0.4 is 0 Å². The predicted octanol–water partition coefficient (Wildman–Crippen LogP) is 2.95. The lowest BCUT2D eigenvalue weighted by Gasteiger charge is -2.51. The highest BCUT2D eigenvalue weighted by molar-refractivity contribution is 5.92. The number of fused-ring (bicyclic) bond motifs is 3. The maximum Gasteiger partial charge on any atom is 0.160 e. The van der Waals surface area contributed by atoms with Crippen molar-refractivity contribution in [2.75, 3.05) is 7.11 Å². The Morgan fingerprint density at radius 2 is 2.16 bits per heavy atom. The van der Waals surface area contributed by atoms with E-state index in [4.69, 9.17) is 9.47 Å². The van der Waals surface area contributed by atoms with Crippen molar-refractivity contribution in [1.82, 2.24) is 0 Å². The number of carbonyl (C=O) groups is 1. The number of ether oxygens (including phenoxy) is 2. The lowest BCUT2D eigenvalue weighted by atomic mass is 9.53. The Balaban J connectivity index is 2.02. The topological polar surface area (TPSA) is 35.5 Å². The second-order valence-corrected chi connectivity index (χ2v) is 6.73. The van der Waals surface area contributed by atoms with Crippen molar-refractivity contribution in [1.29, 1.82) is 0 Å². The molecule has 0 bridgehead atoms. The Labute approximate surface area is 115 Å². The number of rotatable bonds is 1. The molecule has 106 valence electrons. The molecule has 19 heavy (non-hydrogen) atoms. The molecule has 2 fully saturated rings. The van der Waals surface area contributed by atoms with Crippen LogP contribution in [0, 0.1) is 23.2 Å². The molecular weight excluding hydrogens is 240 g/mol. The standard InChI is InChI=1S/C16H24O3/c1-9-7-12(17)8-11-5-6-13-14(16(9,11)3)10(2)15(18-4)19-13/h8-10,13-15H,5-7H2,1-4H3/t9-,10-,13-,14-,15+,16+/m0/s1. The van der Waals surface area contributed by atoms with Crippen LogP contribution in [0.5, 0.6) is 0 Å². The molecule has 0 aromatic heterocycles. The summed E-state index contributed by atoms with van der Waals surface area (Å²) in [5, 5.41) is 0. The molecule has 0 amide bonds. The summed E-state index contributed by atoms with van der Waals surface area (Å²) in [6.07, 6.45) is 4.82. The molecule has 0 spiro atoms. The van der Waals surface area contributed by atoms with E-state index in [0.29, 0.717) is 30.0 Å². The zero-order valence-electron chi connectivity index (χ0n) is 12.3. The van der Waals surface area contributed by atoms with Crippen molar-refractivity contribution in [3.63, 3.8) is 0 Å². The second kappa shape index (κ2) is 4.42. The Hall–Kier alpha value is -0.670. The van der Waals surface area contributed by atoms with Gasteiger partial charge in [0.05, 0.1) is 6.10 Å². The van der Waals surface area contributed by atoms with Crippen LogP contribution in [0.4, 0.5) is 0 Å². The average molecular weight is 264 g/mol. The number of hydrogen-bond acceptors (Lipinski definition) is 3. The van der Waals surface area contributed by atoms with Gasteiger partial charge in [0.15, 0.2) is 12.1 Å². The van der Waals surface area contributed by atoms with E-state index >= 15 is 0 Å². The summed E-state index contributed by atoms with van der Waals surface area (Å²) in [6.45, 7) is 6.79. The number of ketones is 1. The summed E-state index contributed by atoms with van der Waals surface area (Å²) in [4.78, 5) is 11.8. The number of methoxy groups -OCH3 is 1. The molecule has 0 unspecified atom stereocenters. The summed E-state index contributed by atoms with van der Waals surface area (Å²) < 4.78 is 11.6. The number of carbonyl (C=O) groups excluding carboxylic acids is 1. The van der Waals surface area contributed by atoms with Crippen LogP contribution in [-0.2, 0) is 14.3 Å². The van der Waals surface area contributed by atoms with Gasteiger partial charge in [-0.15, -0.1) is 0 Å². The minimum atomic E-state index is -0.0870. The maximum atomic E-state index is 11.8. The molecule has 1 aliphatic heterocycles. The molecule has 3 aliphatic rings. The monoisotopic (exact) mass is 264 g/mol. The molecule has 0 radical (unpaired) electrons. The van der Waals surface area contributed by atoms with Crippen LogP contribution in [0.1, 0.15) is 40.0 Å². The van der Waals surface area contributed by atoms with E-state index in [1.807, 2.05) is 6.08 Å². The molecule has 3 nitrogen and oxygen atoms in total. The van der Waals surface area contributed by atoms with Gasteiger partial charge < -0.3 is 9.47 Å². The molecule has 1 heterocycles. The summed E-state index contributed by atoms with van der Waals surface area (Å²) >= 11 is 0. The summed E-state index contributed by atoms with van der Waals surface area (Å²) in [5.41, 5.74) is 1.45.